The smallest absolute Gasteiger partial charge is 0.330 e. The van der Waals surface area contributed by atoms with Crippen LogP contribution in [0.25, 0.3) is 0 Å². The summed E-state index contributed by atoms with van der Waals surface area (Å²) in [5.74, 6) is -0.332. The molecule has 0 heterocycles. The average Bonchev–Trinajstić information content (AvgIpc) is 2.43. The summed E-state index contributed by atoms with van der Waals surface area (Å²) in [5, 5.41) is 0. The van der Waals surface area contributed by atoms with Crippen LogP contribution in [0.2, 0.25) is 25.7 Å². The first kappa shape index (κ1) is 21.0. The molecule has 0 rings (SSSR count). The second kappa shape index (κ2) is 12.5. The van der Waals surface area contributed by atoms with Gasteiger partial charge in [-0.25, -0.2) is 4.79 Å². The van der Waals surface area contributed by atoms with Crippen LogP contribution in [0, 0.1) is 0 Å². The van der Waals surface area contributed by atoms with E-state index in [0.717, 1.165) is 18.8 Å². The highest BCUT2D eigenvalue weighted by Crippen LogP contribution is 2.08. The summed E-state index contributed by atoms with van der Waals surface area (Å²) in [6.45, 7) is 9.85. The highest BCUT2D eigenvalue weighted by molar-refractivity contribution is 6.76. The van der Waals surface area contributed by atoms with E-state index in [2.05, 4.69) is 19.6 Å². The highest BCUT2D eigenvalue weighted by atomic mass is 28.3. The van der Waals surface area contributed by atoms with Crippen LogP contribution >= 0.6 is 0 Å². The first-order chi connectivity index (χ1) is 10.4. The second-order valence-corrected chi connectivity index (χ2v) is 11.9. The third kappa shape index (κ3) is 14.0. The van der Waals surface area contributed by atoms with Crippen LogP contribution in [-0.2, 0) is 23.8 Å². The van der Waals surface area contributed by atoms with E-state index in [9.17, 15) is 9.59 Å². The monoisotopic (exact) mass is 330 g/mol. The normalized spacial score (nSPS) is 13.3. The minimum Gasteiger partial charge on any atom is -0.463 e. The van der Waals surface area contributed by atoms with Crippen molar-refractivity contribution >= 4 is 20.3 Å². The second-order valence-electron chi connectivity index (χ2n) is 6.26. The molecular weight excluding hydrogens is 300 g/mol. The number of unbranched alkanes of at least 4 members (excludes halogenated alkanes) is 1. The van der Waals surface area contributed by atoms with Crippen LogP contribution in [0.1, 0.15) is 26.2 Å². The molecule has 5 nitrogen and oxygen atoms in total. The fourth-order valence-electron chi connectivity index (χ4n) is 1.57. The topological polar surface area (TPSA) is 61.8 Å². The molecule has 0 bridgehead atoms. The van der Waals surface area contributed by atoms with Crippen molar-refractivity contribution in [1.29, 1.82) is 0 Å². The predicted octanol–water partition coefficient (Wildman–Crippen LogP) is 3.17. The third-order valence-corrected chi connectivity index (χ3v) is 4.62. The number of hydrogen-bond acceptors (Lipinski definition) is 5. The Morgan fingerprint density at radius 2 is 2.00 bits per heavy atom. The van der Waals surface area contributed by atoms with Crippen LogP contribution in [0.5, 0.6) is 0 Å². The molecule has 0 radical (unpaired) electrons. The zero-order valence-corrected chi connectivity index (χ0v) is 15.3. The largest absolute Gasteiger partial charge is 0.463 e. The summed E-state index contributed by atoms with van der Waals surface area (Å²) in [6, 6.07) is 1.08. The Bertz CT molecular complexity index is 336. The first-order valence-corrected chi connectivity index (χ1v) is 11.6. The van der Waals surface area contributed by atoms with Gasteiger partial charge in [-0.15, -0.1) is 0 Å². The van der Waals surface area contributed by atoms with Crippen LogP contribution < -0.4 is 0 Å². The van der Waals surface area contributed by atoms with Gasteiger partial charge in [-0.3, -0.25) is 0 Å². The maximum atomic E-state index is 11.1. The van der Waals surface area contributed by atoms with E-state index in [4.69, 9.17) is 14.2 Å². The zero-order chi connectivity index (χ0) is 16.8. The summed E-state index contributed by atoms with van der Waals surface area (Å²) in [5.41, 5.74) is 0. The molecule has 0 aliphatic carbocycles. The molecule has 0 fully saturated rings. The minimum atomic E-state index is -1.08. The molecule has 0 spiro atoms. The van der Waals surface area contributed by atoms with Crippen molar-refractivity contribution in [3.63, 3.8) is 0 Å². The van der Waals surface area contributed by atoms with Gasteiger partial charge in [-0.1, -0.05) is 25.7 Å². The fraction of sp³-hybridized carbons (Fsp3) is 0.750. The lowest BCUT2D eigenvalue weighted by atomic mass is 10.1. The number of ether oxygens (including phenoxy) is 3. The van der Waals surface area contributed by atoms with E-state index in [1.54, 1.807) is 13.0 Å². The summed E-state index contributed by atoms with van der Waals surface area (Å²) in [7, 11) is -1.08. The first-order valence-electron chi connectivity index (χ1n) is 7.87. The number of aldehydes is 1. The van der Waals surface area contributed by atoms with Crippen molar-refractivity contribution in [2.24, 2.45) is 0 Å². The molecule has 0 aliphatic rings. The molecule has 0 aromatic carbocycles. The van der Waals surface area contributed by atoms with Gasteiger partial charge >= 0.3 is 5.97 Å². The molecule has 0 aromatic rings. The SMILES string of the molecule is CCOC(=O)/C=C/CCC[C@H](C=O)OCOCC[Si](C)(C)C. The van der Waals surface area contributed by atoms with Crippen molar-refractivity contribution in [2.45, 2.75) is 58.0 Å². The molecular formula is C16H30O5Si. The molecule has 0 amide bonds. The molecule has 0 unspecified atom stereocenters. The van der Waals surface area contributed by atoms with E-state index in [0.29, 0.717) is 26.1 Å². The van der Waals surface area contributed by atoms with E-state index in [1.807, 2.05) is 0 Å². The summed E-state index contributed by atoms with van der Waals surface area (Å²) in [6.07, 6.45) is 5.63. The van der Waals surface area contributed by atoms with Crippen LogP contribution in [0.3, 0.4) is 0 Å². The Labute approximate surface area is 135 Å². The van der Waals surface area contributed by atoms with Gasteiger partial charge in [0.05, 0.1) is 6.61 Å². The molecule has 0 saturated heterocycles. The van der Waals surface area contributed by atoms with Crippen LogP contribution in [0.15, 0.2) is 12.2 Å². The number of carbonyl (C=O) groups excluding carboxylic acids is 2. The molecule has 22 heavy (non-hydrogen) atoms. The average molecular weight is 330 g/mol. The Morgan fingerprint density at radius 1 is 1.27 bits per heavy atom. The maximum absolute atomic E-state index is 11.1. The number of hydrogen-bond donors (Lipinski definition) is 0. The van der Waals surface area contributed by atoms with E-state index >= 15 is 0 Å². The number of esters is 1. The zero-order valence-electron chi connectivity index (χ0n) is 14.3. The number of carbonyl (C=O) groups is 2. The summed E-state index contributed by atoms with van der Waals surface area (Å²) in [4.78, 5) is 22.0. The quantitative estimate of drug-likeness (QED) is 0.130. The lowest BCUT2D eigenvalue weighted by Gasteiger charge is -2.16. The molecule has 6 heteroatoms. The van der Waals surface area contributed by atoms with Gasteiger partial charge in [-0.2, -0.15) is 0 Å². The van der Waals surface area contributed by atoms with Crippen molar-refractivity contribution < 1.29 is 23.8 Å². The molecule has 1 atom stereocenters. The Kier molecular flexibility index (Phi) is 12.0. The lowest BCUT2D eigenvalue weighted by Crippen LogP contribution is -2.23. The standard InChI is InChI=1S/C16H30O5Si/c1-5-20-16(18)10-8-6-7-9-15(13-17)21-14-19-11-12-22(2,3)4/h8,10,13,15H,5-7,9,11-12,14H2,1-4H3/b10-8+/t15-/m1/s1. The minimum absolute atomic E-state index is 0.159. The van der Waals surface area contributed by atoms with Crippen LogP contribution in [-0.4, -0.2) is 46.4 Å². The van der Waals surface area contributed by atoms with Crippen molar-refractivity contribution in [3.8, 4) is 0 Å². The van der Waals surface area contributed by atoms with Crippen molar-refractivity contribution in [3.05, 3.63) is 12.2 Å². The Morgan fingerprint density at radius 3 is 2.59 bits per heavy atom. The Hall–Kier alpha value is -0.983. The number of rotatable bonds is 13. The molecule has 0 aliphatic heterocycles. The van der Waals surface area contributed by atoms with Crippen molar-refractivity contribution in [1.82, 2.24) is 0 Å². The lowest BCUT2D eigenvalue weighted by molar-refractivity contribution is -0.137. The van der Waals surface area contributed by atoms with Gasteiger partial charge in [0.15, 0.2) is 0 Å². The molecule has 0 N–H and O–H groups in total. The summed E-state index contributed by atoms with van der Waals surface area (Å²) < 4.78 is 15.6. The van der Waals surface area contributed by atoms with E-state index in [1.165, 1.54) is 6.08 Å². The van der Waals surface area contributed by atoms with Crippen molar-refractivity contribution in [2.75, 3.05) is 20.0 Å². The predicted molar refractivity (Wildman–Crippen MR) is 89.5 cm³/mol. The van der Waals surface area contributed by atoms with E-state index < -0.39 is 14.2 Å². The van der Waals surface area contributed by atoms with E-state index in [-0.39, 0.29) is 12.8 Å². The fourth-order valence-corrected chi connectivity index (χ4v) is 2.33. The van der Waals surface area contributed by atoms with Gasteiger partial charge in [-0.05, 0) is 32.2 Å². The van der Waals surface area contributed by atoms with Gasteiger partial charge in [0.2, 0.25) is 0 Å². The maximum Gasteiger partial charge on any atom is 0.330 e. The summed E-state index contributed by atoms with van der Waals surface area (Å²) >= 11 is 0. The highest BCUT2D eigenvalue weighted by Gasteiger charge is 2.12. The molecule has 0 aromatic heterocycles. The van der Waals surface area contributed by atoms with Gasteiger partial charge < -0.3 is 19.0 Å². The van der Waals surface area contributed by atoms with Gasteiger partial charge in [0.25, 0.3) is 0 Å². The van der Waals surface area contributed by atoms with Gasteiger partial charge in [0.1, 0.15) is 19.2 Å². The number of allylic oxidation sites excluding steroid dienone is 1. The van der Waals surface area contributed by atoms with Gasteiger partial charge in [0, 0.05) is 20.8 Å². The Balaban J connectivity index is 3.67. The molecule has 0 saturated carbocycles. The third-order valence-electron chi connectivity index (χ3n) is 2.91. The molecule has 128 valence electrons. The van der Waals surface area contributed by atoms with Crippen LogP contribution in [0.4, 0.5) is 0 Å².